The number of hydrogen-bond acceptors (Lipinski definition) is 4. The number of aromatic nitrogens is 2. The number of pyridine rings is 1. The van der Waals surface area contributed by atoms with E-state index in [1.807, 2.05) is 54.9 Å². The highest BCUT2D eigenvalue weighted by molar-refractivity contribution is 7.99. The monoisotopic (exact) mass is 382 g/mol. The molecule has 0 saturated carbocycles. The number of nitrogens with one attached hydrogen (secondary N) is 2. The number of thioether (sulfide) groups is 1. The van der Waals surface area contributed by atoms with E-state index in [-0.39, 0.29) is 11.8 Å². The van der Waals surface area contributed by atoms with E-state index >= 15 is 0 Å². The second-order valence-electron chi connectivity index (χ2n) is 6.46. The SMILES string of the molecule is CC(=O)Nc1cc(NC(=O)CSCc2cn3cc(C)ccc3n2)ccc1C. The van der Waals surface area contributed by atoms with Gasteiger partial charge < -0.3 is 15.0 Å². The molecule has 2 aromatic heterocycles. The molecule has 0 saturated heterocycles. The summed E-state index contributed by atoms with van der Waals surface area (Å²) in [5.74, 6) is 0.770. The molecule has 0 bridgehead atoms. The van der Waals surface area contributed by atoms with Gasteiger partial charge in [0.05, 0.1) is 11.4 Å². The van der Waals surface area contributed by atoms with Gasteiger partial charge in [0.25, 0.3) is 0 Å². The highest BCUT2D eigenvalue weighted by Crippen LogP contribution is 2.21. The van der Waals surface area contributed by atoms with Crippen LogP contribution in [-0.4, -0.2) is 27.0 Å². The standard InChI is InChI=1S/C20H22N4O2S/c1-13-4-7-19-22-17(10-24(19)9-13)11-27-12-20(26)23-16-6-5-14(2)18(8-16)21-15(3)25/h4-10H,11-12H2,1-3H3,(H,21,25)(H,23,26). The third kappa shape index (κ3) is 5.10. The Hall–Kier alpha value is -2.80. The summed E-state index contributed by atoms with van der Waals surface area (Å²) in [4.78, 5) is 28.0. The number of anilines is 2. The van der Waals surface area contributed by atoms with Crippen molar-refractivity contribution >= 4 is 40.6 Å². The lowest BCUT2D eigenvalue weighted by Crippen LogP contribution is -2.15. The summed E-state index contributed by atoms with van der Waals surface area (Å²) in [6.07, 6.45) is 4.03. The van der Waals surface area contributed by atoms with E-state index in [1.165, 1.54) is 24.2 Å². The molecule has 27 heavy (non-hydrogen) atoms. The van der Waals surface area contributed by atoms with Crippen molar-refractivity contribution in [2.45, 2.75) is 26.5 Å². The molecule has 0 atom stereocenters. The molecule has 0 aliphatic carbocycles. The molecule has 2 heterocycles. The number of rotatable bonds is 6. The zero-order valence-electron chi connectivity index (χ0n) is 15.6. The first-order chi connectivity index (χ1) is 12.9. The van der Waals surface area contributed by atoms with Crippen molar-refractivity contribution in [2.75, 3.05) is 16.4 Å². The van der Waals surface area contributed by atoms with Crippen LogP contribution >= 0.6 is 11.8 Å². The number of amides is 2. The number of carbonyl (C=O) groups excluding carboxylic acids is 2. The van der Waals surface area contributed by atoms with E-state index in [2.05, 4.69) is 15.6 Å². The maximum Gasteiger partial charge on any atom is 0.234 e. The Labute approximate surface area is 162 Å². The zero-order chi connectivity index (χ0) is 19.4. The Morgan fingerprint density at radius 2 is 1.93 bits per heavy atom. The molecule has 0 fully saturated rings. The van der Waals surface area contributed by atoms with Crippen molar-refractivity contribution in [3.63, 3.8) is 0 Å². The molecule has 6 nitrogen and oxygen atoms in total. The summed E-state index contributed by atoms with van der Waals surface area (Å²) < 4.78 is 2.00. The van der Waals surface area contributed by atoms with Gasteiger partial charge in [0.1, 0.15) is 5.65 Å². The molecule has 3 aromatic rings. The predicted octanol–water partition coefficient (Wildman–Crippen LogP) is 3.78. The normalized spacial score (nSPS) is 10.8. The summed E-state index contributed by atoms with van der Waals surface area (Å²) in [6.45, 7) is 5.41. The zero-order valence-corrected chi connectivity index (χ0v) is 16.4. The molecule has 0 spiro atoms. The third-order valence-electron chi connectivity index (χ3n) is 3.96. The first kappa shape index (κ1) is 19.0. The lowest BCUT2D eigenvalue weighted by atomic mass is 10.2. The van der Waals surface area contributed by atoms with E-state index in [0.29, 0.717) is 22.9 Å². The van der Waals surface area contributed by atoms with Crippen molar-refractivity contribution in [3.05, 3.63) is 59.5 Å². The summed E-state index contributed by atoms with van der Waals surface area (Å²) in [6, 6.07) is 9.48. The smallest absolute Gasteiger partial charge is 0.234 e. The topological polar surface area (TPSA) is 75.5 Å². The van der Waals surface area contributed by atoms with E-state index in [9.17, 15) is 9.59 Å². The Morgan fingerprint density at radius 3 is 2.70 bits per heavy atom. The van der Waals surface area contributed by atoms with Crippen LogP contribution in [0.15, 0.2) is 42.7 Å². The van der Waals surface area contributed by atoms with E-state index in [0.717, 1.165) is 16.9 Å². The molecular weight excluding hydrogens is 360 g/mol. The Bertz CT molecular complexity index is 997. The van der Waals surface area contributed by atoms with Crippen molar-refractivity contribution in [3.8, 4) is 0 Å². The Balaban J connectivity index is 1.54. The van der Waals surface area contributed by atoms with Crippen LogP contribution in [0, 0.1) is 13.8 Å². The van der Waals surface area contributed by atoms with Crippen LogP contribution in [0.4, 0.5) is 11.4 Å². The van der Waals surface area contributed by atoms with Crippen LogP contribution in [-0.2, 0) is 15.3 Å². The highest BCUT2D eigenvalue weighted by atomic mass is 32.2. The van der Waals surface area contributed by atoms with Gasteiger partial charge in [-0.25, -0.2) is 4.98 Å². The number of hydrogen-bond donors (Lipinski definition) is 2. The van der Waals surface area contributed by atoms with Gasteiger partial charge in [0, 0.05) is 36.4 Å². The van der Waals surface area contributed by atoms with E-state index in [1.54, 1.807) is 6.07 Å². The summed E-state index contributed by atoms with van der Waals surface area (Å²) >= 11 is 1.51. The minimum atomic E-state index is -0.139. The number of nitrogens with zero attached hydrogens (tertiary/aromatic N) is 2. The quantitative estimate of drug-likeness (QED) is 0.680. The molecule has 3 rings (SSSR count). The fraction of sp³-hybridized carbons (Fsp3) is 0.250. The van der Waals surface area contributed by atoms with Crippen molar-refractivity contribution in [1.82, 2.24) is 9.38 Å². The van der Waals surface area contributed by atoms with Gasteiger partial charge in [-0.2, -0.15) is 0 Å². The van der Waals surface area contributed by atoms with Gasteiger partial charge in [0.15, 0.2) is 0 Å². The van der Waals surface area contributed by atoms with Crippen molar-refractivity contribution in [1.29, 1.82) is 0 Å². The van der Waals surface area contributed by atoms with Crippen LogP contribution in [0.3, 0.4) is 0 Å². The van der Waals surface area contributed by atoms with Crippen molar-refractivity contribution < 1.29 is 9.59 Å². The second-order valence-corrected chi connectivity index (χ2v) is 7.44. The lowest BCUT2D eigenvalue weighted by Gasteiger charge is -2.10. The number of imidazole rings is 1. The fourth-order valence-electron chi connectivity index (χ4n) is 2.69. The maximum absolute atomic E-state index is 12.2. The molecule has 0 radical (unpaired) electrons. The molecule has 0 aliphatic rings. The van der Waals surface area contributed by atoms with Crippen LogP contribution in [0.5, 0.6) is 0 Å². The van der Waals surface area contributed by atoms with Crippen LogP contribution in [0.25, 0.3) is 5.65 Å². The van der Waals surface area contributed by atoms with Crippen molar-refractivity contribution in [2.24, 2.45) is 0 Å². The molecular formula is C20H22N4O2S. The molecule has 0 aliphatic heterocycles. The first-order valence-corrected chi connectivity index (χ1v) is 9.76. The average molecular weight is 382 g/mol. The summed E-state index contributed by atoms with van der Waals surface area (Å²) in [7, 11) is 0. The van der Waals surface area contributed by atoms with Crippen LogP contribution in [0.2, 0.25) is 0 Å². The van der Waals surface area contributed by atoms with E-state index < -0.39 is 0 Å². The number of benzene rings is 1. The maximum atomic E-state index is 12.2. The largest absolute Gasteiger partial charge is 0.326 e. The van der Waals surface area contributed by atoms with E-state index in [4.69, 9.17) is 0 Å². The van der Waals surface area contributed by atoms with Gasteiger partial charge >= 0.3 is 0 Å². The van der Waals surface area contributed by atoms with Gasteiger partial charge in [-0.05, 0) is 43.2 Å². The van der Waals surface area contributed by atoms with Gasteiger partial charge in [-0.3, -0.25) is 9.59 Å². The molecule has 140 valence electrons. The number of fused-ring (bicyclic) bond motifs is 1. The minimum absolute atomic E-state index is 0.0859. The van der Waals surface area contributed by atoms with Crippen LogP contribution in [0.1, 0.15) is 23.7 Å². The third-order valence-corrected chi connectivity index (χ3v) is 4.93. The van der Waals surface area contributed by atoms with Gasteiger partial charge in [0.2, 0.25) is 11.8 Å². The molecule has 2 N–H and O–H groups in total. The Kier molecular flexibility index (Phi) is 5.81. The van der Waals surface area contributed by atoms with Gasteiger partial charge in [-0.15, -0.1) is 11.8 Å². The lowest BCUT2D eigenvalue weighted by molar-refractivity contribution is -0.114. The first-order valence-electron chi connectivity index (χ1n) is 8.61. The molecule has 1 aromatic carbocycles. The average Bonchev–Trinajstić information content (AvgIpc) is 2.99. The fourth-order valence-corrected chi connectivity index (χ4v) is 3.40. The molecule has 0 unspecified atom stereocenters. The summed E-state index contributed by atoms with van der Waals surface area (Å²) in [5.41, 5.74) is 5.34. The minimum Gasteiger partial charge on any atom is -0.326 e. The van der Waals surface area contributed by atoms with Gasteiger partial charge in [-0.1, -0.05) is 12.1 Å². The number of carbonyl (C=O) groups is 2. The Morgan fingerprint density at radius 1 is 1.11 bits per heavy atom. The predicted molar refractivity (Wildman–Crippen MR) is 110 cm³/mol. The number of aryl methyl sites for hydroxylation is 2. The summed E-state index contributed by atoms with van der Waals surface area (Å²) in [5, 5.41) is 5.63. The van der Waals surface area contributed by atoms with Crippen LogP contribution < -0.4 is 10.6 Å². The molecule has 7 heteroatoms. The highest BCUT2D eigenvalue weighted by Gasteiger charge is 2.08. The second kappa shape index (κ2) is 8.26. The molecule has 2 amide bonds.